The minimum absolute atomic E-state index is 0.0342. The van der Waals surface area contributed by atoms with Gasteiger partial charge in [0, 0.05) is 51.4 Å². The summed E-state index contributed by atoms with van der Waals surface area (Å²) in [6.07, 6.45) is 2.45. The second-order valence-corrected chi connectivity index (χ2v) is 15.9. The smallest absolute Gasteiger partial charge is 0.475 e. The average Bonchev–Trinajstić information content (AvgIpc) is 3.61. The predicted octanol–water partition coefficient (Wildman–Crippen LogP) is 3.36. The third-order valence-corrected chi connectivity index (χ3v) is 10.4. The molecule has 17 nitrogen and oxygen atoms in total. The highest BCUT2D eigenvalue weighted by atomic mass is 16.6. The Hall–Kier alpha value is -6.50. The van der Waals surface area contributed by atoms with Crippen molar-refractivity contribution in [1.82, 2.24) is 40.2 Å². The van der Waals surface area contributed by atoms with Crippen LogP contribution in [0.2, 0.25) is 0 Å². The van der Waals surface area contributed by atoms with Crippen LogP contribution < -0.4 is 21.1 Å². The van der Waals surface area contributed by atoms with E-state index in [0.29, 0.717) is 56.0 Å². The second-order valence-electron chi connectivity index (χ2n) is 15.9. The van der Waals surface area contributed by atoms with Crippen molar-refractivity contribution < 1.29 is 39.4 Å². The highest BCUT2D eigenvalue weighted by molar-refractivity contribution is 6.43. The van der Waals surface area contributed by atoms with E-state index in [1.165, 1.54) is 29.1 Å². The lowest BCUT2D eigenvalue weighted by Crippen LogP contribution is -2.55. The Labute approximate surface area is 353 Å². The summed E-state index contributed by atoms with van der Waals surface area (Å²) < 4.78 is 6.98. The number of aromatic amines is 1. The third kappa shape index (κ3) is 11.2. The number of piperazine rings is 1. The molecule has 2 atom stereocenters. The fourth-order valence-electron chi connectivity index (χ4n) is 7.16. The number of nitrogens with one attached hydrogen (secondary N) is 3. The van der Waals surface area contributed by atoms with Gasteiger partial charge in [0.15, 0.2) is 11.6 Å². The van der Waals surface area contributed by atoms with Gasteiger partial charge in [-0.25, -0.2) is 19.3 Å². The Morgan fingerprint density at radius 2 is 1.57 bits per heavy atom. The molecule has 61 heavy (non-hydrogen) atoms. The van der Waals surface area contributed by atoms with Crippen molar-refractivity contribution in [2.75, 3.05) is 26.2 Å². The molecule has 3 heterocycles. The zero-order chi connectivity index (χ0) is 43.8. The summed E-state index contributed by atoms with van der Waals surface area (Å²) in [6, 6.07) is 19.6. The first-order valence-corrected chi connectivity index (χ1v) is 20.1. The Bertz CT molecular complexity index is 2360. The van der Waals surface area contributed by atoms with Crippen LogP contribution in [0, 0.1) is 5.92 Å². The van der Waals surface area contributed by atoms with Gasteiger partial charge in [-0.05, 0) is 59.2 Å². The molecule has 1 fully saturated rings. The van der Waals surface area contributed by atoms with Gasteiger partial charge in [-0.15, -0.1) is 0 Å². The standard InChI is InChI=1S/C43H51BN8O9/c1-26(2)18-38(44(59)60)47-41(56)35(19-28-8-6-5-7-9-28)46-40(55)30-20-32(24-45-23-30)61-43(58)51-16-14-50(15-17-51)25-29-10-12-31(13-11-29)52-39(48-49-42(52)57)34-21-33(27(3)4)36(53)22-37(34)54/h5-13,20-24,26-27,35,38,53-54,59-60H,14-19,25H2,1-4H3,(H,46,55)(H,47,56)(H,49,57)/t35?,38-/m0/s1. The monoisotopic (exact) mass is 834 g/mol. The first-order chi connectivity index (χ1) is 29.2. The first-order valence-electron chi connectivity index (χ1n) is 20.1. The van der Waals surface area contributed by atoms with Gasteiger partial charge in [-0.3, -0.25) is 19.5 Å². The third-order valence-electron chi connectivity index (χ3n) is 10.4. The highest BCUT2D eigenvalue weighted by Gasteiger charge is 2.31. The molecule has 0 bridgehead atoms. The van der Waals surface area contributed by atoms with E-state index in [-0.39, 0.29) is 46.9 Å². The fraction of sp³-hybridized carbons (Fsp3) is 0.349. The van der Waals surface area contributed by atoms with Gasteiger partial charge in [0.2, 0.25) is 5.91 Å². The van der Waals surface area contributed by atoms with Crippen molar-refractivity contribution in [3.05, 3.63) is 118 Å². The summed E-state index contributed by atoms with van der Waals surface area (Å²) in [7, 11) is -1.79. The lowest BCUT2D eigenvalue weighted by molar-refractivity contribution is -0.123. The molecule has 1 unspecified atom stereocenters. The normalized spacial score (nSPS) is 14.1. The lowest BCUT2D eigenvalue weighted by atomic mass is 9.75. The molecule has 0 spiro atoms. The van der Waals surface area contributed by atoms with Crippen LogP contribution in [0.25, 0.3) is 17.1 Å². The zero-order valence-corrected chi connectivity index (χ0v) is 34.5. The summed E-state index contributed by atoms with van der Waals surface area (Å²) in [5.41, 5.74) is 2.76. The van der Waals surface area contributed by atoms with Crippen LogP contribution in [0.3, 0.4) is 0 Å². The maximum absolute atomic E-state index is 13.5. The van der Waals surface area contributed by atoms with Crippen LogP contribution in [0.1, 0.15) is 67.1 Å². The molecule has 0 radical (unpaired) electrons. The number of aromatic nitrogens is 4. The van der Waals surface area contributed by atoms with E-state index < -0.39 is 42.7 Å². The molecule has 1 saturated heterocycles. The topological polar surface area (TPSA) is 235 Å². The van der Waals surface area contributed by atoms with Gasteiger partial charge < -0.3 is 40.5 Å². The quantitative estimate of drug-likeness (QED) is 0.0753. The maximum atomic E-state index is 13.5. The van der Waals surface area contributed by atoms with Gasteiger partial charge in [-0.1, -0.05) is 70.2 Å². The largest absolute Gasteiger partial charge is 0.508 e. The van der Waals surface area contributed by atoms with Gasteiger partial charge >= 0.3 is 18.9 Å². The highest BCUT2D eigenvalue weighted by Crippen LogP contribution is 2.37. The summed E-state index contributed by atoms with van der Waals surface area (Å²) in [6.45, 7) is 10.0. The van der Waals surface area contributed by atoms with Gasteiger partial charge in [-0.2, -0.15) is 5.10 Å². The van der Waals surface area contributed by atoms with Crippen LogP contribution in [-0.4, -0.2) is 113 Å². The number of carbonyl (C=O) groups is 3. The maximum Gasteiger partial charge on any atom is 0.475 e. The minimum atomic E-state index is -1.79. The number of aromatic hydroxyl groups is 2. The van der Waals surface area contributed by atoms with Crippen LogP contribution in [0.4, 0.5) is 4.79 Å². The van der Waals surface area contributed by atoms with Gasteiger partial charge in [0.25, 0.3) is 5.91 Å². The fourth-order valence-corrected chi connectivity index (χ4v) is 7.16. The van der Waals surface area contributed by atoms with Crippen LogP contribution in [-0.2, 0) is 17.8 Å². The molecule has 18 heteroatoms. The molecule has 0 aliphatic carbocycles. The average molecular weight is 835 g/mol. The number of hydrogen-bond acceptors (Lipinski definition) is 12. The van der Waals surface area contributed by atoms with Crippen LogP contribution >= 0.6 is 0 Å². The molecular formula is C43H51BN8O9. The predicted molar refractivity (Wildman–Crippen MR) is 227 cm³/mol. The van der Waals surface area contributed by atoms with Crippen LogP contribution in [0.5, 0.6) is 17.2 Å². The molecule has 320 valence electrons. The van der Waals surface area contributed by atoms with Crippen molar-refractivity contribution >= 4 is 25.0 Å². The number of pyridine rings is 1. The molecule has 6 rings (SSSR count). The van der Waals surface area contributed by atoms with Crippen molar-refractivity contribution in [1.29, 1.82) is 0 Å². The number of phenolic OH excluding ortho intramolecular Hbond substituents is 2. The summed E-state index contributed by atoms with van der Waals surface area (Å²) in [5.74, 6) is -2.13. The van der Waals surface area contributed by atoms with E-state index in [2.05, 4.69) is 30.7 Å². The van der Waals surface area contributed by atoms with Crippen molar-refractivity contribution in [3.63, 3.8) is 0 Å². The Morgan fingerprint density at radius 3 is 2.23 bits per heavy atom. The molecule has 2 aromatic heterocycles. The minimum Gasteiger partial charge on any atom is -0.508 e. The molecule has 0 saturated carbocycles. The van der Waals surface area contributed by atoms with E-state index in [1.54, 1.807) is 23.1 Å². The number of nitrogens with zero attached hydrogens (tertiary/aromatic N) is 5. The SMILES string of the molecule is CC(C)C[C@H](NC(=O)C(Cc1ccccc1)NC(=O)c1cncc(OC(=O)N2CCN(Cc3ccc(-n4c(-c5cc(C(C)C)c(O)cc5O)n[nH]c4=O)cc3)CC2)c1)B(O)O. The Kier molecular flexibility index (Phi) is 14.2. The molecule has 3 amide bonds. The summed E-state index contributed by atoms with van der Waals surface area (Å²) >= 11 is 0. The van der Waals surface area contributed by atoms with E-state index in [1.807, 2.05) is 70.2 Å². The number of H-pyrrole nitrogens is 1. The van der Waals surface area contributed by atoms with Gasteiger partial charge in [0.05, 0.1) is 29.0 Å². The van der Waals surface area contributed by atoms with E-state index in [9.17, 15) is 39.4 Å². The Morgan fingerprint density at radius 1 is 0.869 bits per heavy atom. The van der Waals surface area contributed by atoms with Crippen LogP contribution in [0.15, 0.2) is 90.0 Å². The zero-order valence-electron chi connectivity index (χ0n) is 34.5. The molecule has 1 aliphatic heterocycles. The van der Waals surface area contributed by atoms with E-state index in [4.69, 9.17) is 4.74 Å². The number of ether oxygens (including phenoxy) is 1. The summed E-state index contributed by atoms with van der Waals surface area (Å²) in [4.78, 5) is 60.8. The Balaban J connectivity index is 1.04. The number of carbonyl (C=O) groups excluding carboxylic acids is 3. The van der Waals surface area contributed by atoms with Crippen molar-refractivity contribution in [2.45, 2.75) is 65.0 Å². The lowest BCUT2D eigenvalue weighted by Gasteiger charge is -2.34. The summed E-state index contributed by atoms with van der Waals surface area (Å²) in [5, 5.41) is 52.7. The van der Waals surface area contributed by atoms with Crippen molar-refractivity contribution in [2.24, 2.45) is 5.92 Å². The molecular weight excluding hydrogens is 783 g/mol. The first kappa shape index (κ1) is 44.1. The number of rotatable bonds is 15. The number of phenols is 2. The number of hydrogen-bond donors (Lipinski definition) is 7. The van der Waals surface area contributed by atoms with E-state index in [0.717, 1.165) is 11.1 Å². The number of amides is 3. The van der Waals surface area contributed by atoms with Gasteiger partial charge in [0.1, 0.15) is 17.5 Å². The van der Waals surface area contributed by atoms with Crippen molar-refractivity contribution in [3.8, 4) is 34.3 Å². The van der Waals surface area contributed by atoms with E-state index >= 15 is 0 Å². The molecule has 7 N–H and O–H groups in total. The molecule has 1 aliphatic rings. The molecule has 5 aromatic rings. The molecule has 3 aromatic carbocycles. The number of benzene rings is 3. The second kappa shape index (κ2) is 19.7.